The topological polar surface area (TPSA) is 121 Å². The van der Waals surface area contributed by atoms with Crippen molar-refractivity contribution in [2.45, 2.75) is 56.7 Å². The Kier molecular flexibility index (Phi) is 7.34. The first-order valence-electron chi connectivity index (χ1n) is 13.8. The Morgan fingerprint density at radius 2 is 1.65 bits per heavy atom. The highest BCUT2D eigenvalue weighted by Gasteiger charge is 2.40. The lowest BCUT2D eigenvalue weighted by molar-refractivity contribution is -0.140. The average molecular weight is 558 g/mol. The van der Waals surface area contributed by atoms with Gasteiger partial charge in [-0.2, -0.15) is 0 Å². The fourth-order valence-corrected chi connectivity index (χ4v) is 5.67. The number of carbonyl (C=O) groups excluding carboxylic acids is 4. The van der Waals surface area contributed by atoms with Crippen LogP contribution in [-0.2, 0) is 14.4 Å². The fourth-order valence-electron chi connectivity index (χ4n) is 4.95. The molecule has 40 heavy (non-hydrogen) atoms. The molecule has 3 aromatic rings. The largest absolute Gasteiger partial charge is 0.349 e. The zero-order valence-corrected chi connectivity index (χ0v) is 22.8. The van der Waals surface area contributed by atoms with Crippen molar-refractivity contribution in [3.8, 4) is 11.3 Å². The summed E-state index contributed by atoms with van der Waals surface area (Å²) in [6.45, 7) is 0.448. The van der Waals surface area contributed by atoms with Gasteiger partial charge in [0.15, 0.2) is 5.13 Å². The molecule has 0 radical (unpaired) electrons. The molecule has 1 aliphatic heterocycles. The highest BCUT2D eigenvalue weighted by Crippen LogP contribution is 2.31. The normalized spacial score (nSPS) is 19.1. The molecule has 0 bridgehead atoms. The summed E-state index contributed by atoms with van der Waals surface area (Å²) in [5.41, 5.74) is 2.84. The number of rotatable bonds is 9. The Bertz CT molecular complexity index is 1420. The molecule has 1 saturated heterocycles. The highest BCUT2D eigenvalue weighted by atomic mass is 32.1. The molecule has 3 fully saturated rings. The number of aromatic nitrogens is 1. The van der Waals surface area contributed by atoms with E-state index in [9.17, 15) is 19.2 Å². The predicted molar refractivity (Wildman–Crippen MR) is 151 cm³/mol. The van der Waals surface area contributed by atoms with Gasteiger partial charge in [-0.25, -0.2) is 4.98 Å². The Morgan fingerprint density at radius 1 is 0.900 bits per heavy atom. The summed E-state index contributed by atoms with van der Waals surface area (Å²) in [5.74, 6) is -0.790. The lowest BCUT2D eigenvalue weighted by Gasteiger charge is -2.28. The first-order chi connectivity index (χ1) is 19.5. The van der Waals surface area contributed by atoms with Crippen LogP contribution < -0.4 is 16.0 Å². The molecule has 0 unspecified atom stereocenters. The summed E-state index contributed by atoms with van der Waals surface area (Å²) in [4.78, 5) is 58.0. The molecule has 2 aliphatic carbocycles. The maximum Gasteiger partial charge on any atom is 0.251 e. The van der Waals surface area contributed by atoms with Gasteiger partial charge in [0.2, 0.25) is 17.7 Å². The summed E-state index contributed by atoms with van der Waals surface area (Å²) in [5, 5.41) is 11.1. The van der Waals surface area contributed by atoms with Crippen molar-refractivity contribution < 1.29 is 19.2 Å². The minimum absolute atomic E-state index is 0.0353. The van der Waals surface area contributed by atoms with Crippen molar-refractivity contribution in [2.24, 2.45) is 5.92 Å². The molecule has 2 saturated carbocycles. The maximum atomic E-state index is 13.7. The van der Waals surface area contributed by atoms with E-state index in [2.05, 4.69) is 20.9 Å². The van der Waals surface area contributed by atoms with Crippen LogP contribution in [0, 0.1) is 5.92 Å². The third kappa shape index (κ3) is 5.91. The van der Waals surface area contributed by atoms with Crippen LogP contribution >= 0.6 is 11.3 Å². The van der Waals surface area contributed by atoms with Crippen molar-refractivity contribution in [1.29, 1.82) is 0 Å². The van der Waals surface area contributed by atoms with Crippen molar-refractivity contribution >= 4 is 40.1 Å². The zero-order chi connectivity index (χ0) is 27.6. The average Bonchev–Trinajstić information content (AvgIpc) is 3.89. The number of carbonyl (C=O) groups is 4. The zero-order valence-electron chi connectivity index (χ0n) is 22.0. The van der Waals surface area contributed by atoms with Gasteiger partial charge < -0.3 is 20.9 Å². The number of thiazole rings is 1. The molecule has 206 valence electrons. The van der Waals surface area contributed by atoms with Crippen LogP contribution in [0.5, 0.6) is 0 Å². The van der Waals surface area contributed by atoms with Crippen LogP contribution in [0.15, 0.2) is 60.0 Å². The molecule has 2 aromatic carbocycles. The molecular weight excluding hydrogens is 526 g/mol. The van der Waals surface area contributed by atoms with Crippen LogP contribution in [0.1, 0.15) is 60.5 Å². The summed E-state index contributed by atoms with van der Waals surface area (Å²) < 4.78 is 0. The number of likely N-dealkylation sites (tertiary alicyclic amines) is 1. The van der Waals surface area contributed by atoms with E-state index in [-0.39, 0.29) is 29.5 Å². The first-order valence-corrected chi connectivity index (χ1v) is 14.7. The minimum Gasteiger partial charge on any atom is -0.349 e. The SMILES string of the molecule is O=C(NC1CC1)c1ccc(-c2csc(NC(=O)[C@@H]3CCCN3C(=O)[C@H](NC(=O)C3CC3)c3ccccc3)n2)cc1. The van der Waals surface area contributed by atoms with Gasteiger partial charge >= 0.3 is 0 Å². The molecule has 6 rings (SSSR count). The van der Waals surface area contributed by atoms with Crippen LogP contribution in [0.4, 0.5) is 5.13 Å². The van der Waals surface area contributed by atoms with E-state index in [1.54, 1.807) is 17.0 Å². The van der Waals surface area contributed by atoms with Crippen molar-refractivity contribution in [1.82, 2.24) is 20.5 Å². The smallest absolute Gasteiger partial charge is 0.251 e. The van der Waals surface area contributed by atoms with E-state index < -0.39 is 12.1 Å². The second-order valence-corrected chi connectivity index (χ2v) is 11.5. The molecule has 3 N–H and O–H groups in total. The molecule has 0 spiro atoms. The lowest BCUT2D eigenvalue weighted by Crippen LogP contribution is -2.48. The number of nitrogens with one attached hydrogen (secondary N) is 3. The number of amides is 4. The van der Waals surface area contributed by atoms with Gasteiger partial charge in [0.25, 0.3) is 5.91 Å². The number of benzene rings is 2. The summed E-state index contributed by atoms with van der Waals surface area (Å²) in [7, 11) is 0. The molecule has 9 nitrogen and oxygen atoms in total. The molecule has 2 atom stereocenters. The predicted octanol–water partition coefficient (Wildman–Crippen LogP) is 3.90. The van der Waals surface area contributed by atoms with Crippen molar-refractivity contribution in [2.75, 3.05) is 11.9 Å². The molecule has 10 heteroatoms. The Balaban J connectivity index is 1.12. The van der Waals surface area contributed by atoms with Crippen LogP contribution in [-0.4, -0.2) is 52.1 Å². The Morgan fingerprint density at radius 3 is 2.35 bits per heavy atom. The molecular formula is C30H31N5O4S. The van der Waals surface area contributed by atoms with Crippen molar-refractivity contribution in [3.05, 3.63) is 71.1 Å². The molecule has 4 amide bonds. The Labute approximate surface area is 236 Å². The minimum atomic E-state index is -0.830. The number of nitrogens with zero attached hydrogens (tertiary/aromatic N) is 2. The maximum absolute atomic E-state index is 13.7. The molecule has 3 aliphatic rings. The second kappa shape index (κ2) is 11.2. The van der Waals surface area contributed by atoms with Gasteiger partial charge in [-0.15, -0.1) is 11.3 Å². The van der Waals surface area contributed by atoms with E-state index >= 15 is 0 Å². The number of hydrogen-bond donors (Lipinski definition) is 3. The van der Waals surface area contributed by atoms with Crippen LogP contribution in [0.25, 0.3) is 11.3 Å². The molecule has 1 aromatic heterocycles. The number of anilines is 1. The van der Waals surface area contributed by atoms with E-state index in [0.717, 1.165) is 31.2 Å². The van der Waals surface area contributed by atoms with E-state index in [4.69, 9.17) is 0 Å². The lowest BCUT2D eigenvalue weighted by atomic mass is 10.0. The van der Waals surface area contributed by atoms with Gasteiger partial charge in [-0.05, 0) is 56.2 Å². The summed E-state index contributed by atoms with van der Waals surface area (Å²) >= 11 is 1.31. The van der Waals surface area contributed by atoms with Gasteiger partial charge in [0.1, 0.15) is 12.1 Å². The molecule has 2 heterocycles. The van der Waals surface area contributed by atoms with Gasteiger partial charge in [0, 0.05) is 35.0 Å². The Hall–Kier alpha value is -4.05. The highest BCUT2D eigenvalue weighted by molar-refractivity contribution is 7.14. The standard InChI is InChI=1S/C30H31N5O4S/c36-26(31-22-14-15-22)20-10-8-18(9-11-20)23-17-40-30(32-23)34-28(38)24-7-4-16-35(24)29(39)25(19-5-2-1-3-6-19)33-27(37)21-12-13-21/h1-3,5-6,8-11,17,21-22,24-25H,4,7,12-16H2,(H,31,36)(H,33,37)(H,32,34,38)/t24-,25+/m0/s1. The van der Waals surface area contributed by atoms with E-state index in [0.29, 0.717) is 47.4 Å². The quantitative estimate of drug-likeness (QED) is 0.369. The fraction of sp³-hybridized carbons (Fsp3) is 0.367. The van der Waals surface area contributed by atoms with E-state index in [1.807, 2.05) is 47.8 Å². The first kappa shape index (κ1) is 26.2. The third-order valence-electron chi connectivity index (χ3n) is 7.54. The van der Waals surface area contributed by atoms with Crippen LogP contribution in [0.2, 0.25) is 0 Å². The third-order valence-corrected chi connectivity index (χ3v) is 8.30. The van der Waals surface area contributed by atoms with Crippen LogP contribution in [0.3, 0.4) is 0 Å². The monoisotopic (exact) mass is 557 g/mol. The number of hydrogen-bond acceptors (Lipinski definition) is 6. The van der Waals surface area contributed by atoms with Gasteiger partial charge in [-0.3, -0.25) is 19.2 Å². The summed E-state index contributed by atoms with van der Waals surface area (Å²) in [6, 6.07) is 15.3. The second-order valence-electron chi connectivity index (χ2n) is 10.7. The van der Waals surface area contributed by atoms with Gasteiger partial charge in [0.05, 0.1) is 5.69 Å². The van der Waals surface area contributed by atoms with E-state index in [1.165, 1.54) is 11.3 Å². The summed E-state index contributed by atoms with van der Waals surface area (Å²) in [6.07, 6.45) is 4.99. The van der Waals surface area contributed by atoms with Crippen molar-refractivity contribution in [3.63, 3.8) is 0 Å². The van der Waals surface area contributed by atoms with Gasteiger partial charge in [-0.1, -0.05) is 42.5 Å².